The van der Waals surface area contributed by atoms with Gasteiger partial charge < -0.3 is 14.3 Å². The summed E-state index contributed by atoms with van der Waals surface area (Å²) in [6.07, 6.45) is 1.60. The monoisotopic (exact) mass is 268 g/mol. The molecule has 1 N–H and O–H groups in total. The Morgan fingerprint density at radius 1 is 1.30 bits per heavy atom. The first kappa shape index (κ1) is 12.5. The summed E-state index contributed by atoms with van der Waals surface area (Å²) in [5, 5.41) is 3.93. The van der Waals surface area contributed by atoms with Gasteiger partial charge in [0.05, 0.1) is 12.8 Å². The van der Waals surface area contributed by atoms with Crippen molar-refractivity contribution in [1.29, 1.82) is 0 Å². The third-order valence-corrected chi connectivity index (χ3v) is 3.44. The molecular weight excluding hydrogens is 252 g/mol. The fourth-order valence-electron chi connectivity index (χ4n) is 2.33. The van der Waals surface area contributed by atoms with E-state index in [4.69, 9.17) is 4.42 Å². The van der Waals surface area contributed by atoms with Gasteiger partial charge in [-0.2, -0.15) is 0 Å². The van der Waals surface area contributed by atoms with Crippen LogP contribution in [0.2, 0.25) is 0 Å². The molecule has 1 amide bonds. The topological polar surface area (TPSA) is 47.2 Å². The molecule has 0 saturated heterocycles. The number of aryl methyl sites for hydroxylation is 2. The number of rotatable bonds is 3. The molecule has 0 aliphatic carbocycles. The van der Waals surface area contributed by atoms with Gasteiger partial charge >= 0.3 is 0 Å². The molecule has 0 atom stereocenters. The number of fused-ring (bicyclic) bond motifs is 1. The van der Waals surface area contributed by atoms with Crippen molar-refractivity contribution in [3.05, 3.63) is 59.7 Å². The number of benzene rings is 1. The van der Waals surface area contributed by atoms with Crippen LogP contribution < -0.4 is 5.32 Å². The number of nitrogens with one attached hydrogen (secondary N) is 1. The lowest BCUT2D eigenvalue weighted by atomic mass is 10.2. The number of aromatic nitrogens is 1. The van der Waals surface area contributed by atoms with Crippen LogP contribution in [0.5, 0.6) is 0 Å². The predicted octanol–water partition coefficient (Wildman–Crippen LogP) is 3.01. The van der Waals surface area contributed by atoms with Gasteiger partial charge in [0.15, 0.2) is 0 Å². The molecule has 3 aromatic rings. The summed E-state index contributed by atoms with van der Waals surface area (Å²) in [6.45, 7) is 2.44. The highest BCUT2D eigenvalue weighted by Gasteiger charge is 2.13. The Balaban J connectivity index is 1.86. The lowest BCUT2D eigenvalue weighted by molar-refractivity contribution is 0.0940. The summed E-state index contributed by atoms with van der Waals surface area (Å²) in [4.78, 5) is 12.2. The Morgan fingerprint density at radius 2 is 2.15 bits per heavy atom. The summed E-state index contributed by atoms with van der Waals surface area (Å²) >= 11 is 0. The average molecular weight is 268 g/mol. The zero-order valence-corrected chi connectivity index (χ0v) is 11.5. The van der Waals surface area contributed by atoms with Crippen LogP contribution in [0.4, 0.5) is 0 Å². The van der Waals surface area contributed by atoms with E-state index in [0.29, 0.717) is 12.2 Å². The highest BCUT2D eigenvalue weighted by Crippen LogP contribution is 2.20. The molecule has 102 valence electrons. The van der Waals surface area contributed by atoms with Gasteiger partial charge in [0, 0.05) is 18.0 Å². The molecule has 20 heavy (non-hydrogen) atoms. The van der Waals surface area contributed by atoms with Crippen molar-refractivity contribution < 1.29 is 9.21 Å². The van der Waals surface area contributed by atoms with Crippen LogP contribution in [0.1, 0.15) is 21.8 Å². The average Bonchev–Trinajstić information content (AvgIpc) is 3.05. The molecule has 0 spiro atoms. The second kappa shape index (κ2) is 4.89. The maximum Gasteiger partial charge on any atom is 0.268 e. The summed E-state index contributed by atoms with van der Waals surface area (Å²) in [7, 11) is 1.91. The van der Waals surface area contributed by atoms with Gasteiger partial charge in [-0.3, -0.25) is 4.79 Å². The van der Waals surface area contributed by atoms with Crippen LogP contribution in [-0.4, -0.2) is 10.5 Å². The minimum atomic E-state index is -0.0993. The number of carbonyl (C=O) groups is 1. The SMILES string of the molecule is Cc1ccc2cc(C(=O)NCc3ccco3)n(C)c2c1. The van der Waals surface area contributed by atoms with Crippen LogP contribution >= 0.6 is 0 Å². The van der Waals surface area contributed by atoms with Crippen LogP contribution in [0.15, 0.2) is 47.1 Å². The molecule has 0 unspecified atom stereocenters. The smallest absolute Gasteiger partial charge is 0.268 e. The molecule has 0 bridgehead atoms. The number of amides is 1. The maximum absolute atomic E-state index is 12.2. The summed E-state index contributed by atoms with van der Waals surface area (Å²) in [5.41, 5.74) is 2.89. The van der Waals surface area contributed by atoms with E-state index in [1.807, 2.05) is 42.8 Å². The fraction of sp³-hybridized carbons (Fsp3) is 0.188. The first-order valence-corrected chi connectivity index (χ1v) is 6.52. The molecule has 2 aromatic heterocycles. The van der Waals surface area contributed by atoms with Crippen LogP contribution in [0, 0.1) is 6.92 Å². The number of nitrogens with zero attached hydrogens (tertiary/aromatic N) is 1. The Morgan fingerprint density at radius 3 is 2.90 bits per heavy atom. The molecule has 0 aliphatic heterocycles. The van der Waals surface area contributed by atoms with Crippen LogP contribution in [0.25, 0.3) is 10.9 Å². The molecule has 0 aliphatic rings. The Bertz CT molecular complexity index is 754. The quantitative estimate of drug-likeness (QED) is 0.793. The van der Waals surface area contributed by atoms with Gasteiger partial charge in [0.1, 0.15) is 11.5 Å². The fourth-order valence-corrected chi connectivity index (χ4v) is 2.33. The van der Waals surface area contributed by atoms with Crippen molar-refractivity contribution in [3.8, 4) is 0 Å². The lowest BCUT2D eigenvalue weighted by Gasteiger charge is -2.05. The molecule has 4 nitrogen and oxygen atoms in total. The number of hydrogen-bond acceptors (Lipinski definition) is 2. The molecule has 4 heteroatoms. The number of hydrogen-bond donors (Lipinski definition) is 1. The number of furan rings is 1. The first-order chi connectivity index (χ1) is 9.65. The number of carbonyl (C=O) groups excluding carboxylic acids is 1. The highest BCUT2D eigenvalue weighted by molar-refractivity contribution is 5.98. The lowest BCUT2D eigenvalue weighted by Crippen LogP contribution is -2.24. The van der Waals surface area contributed by atoms with Gasteiger partial charge in [0.2, 0.25) is 0 Å². The van der Waals surface area contributed by atoms with Crippen molar-refractivity contribution in [3.63, 3.8) is 0 Å². The largest absolute Gasteiger partial charge is 0.467 e. The van der Waals surface area contributed by atoms with Gasteiger partial charge in [-0.15, -0.1) is 0 Å². The van der Waals surface area contributed by atoms with Crippen molar-refractivity contribution in [2.75, 3.05) is 0 Å². The van der Waals surface area contributed by atoms with Gasteiger partial charge in [0.25, 0.3) is 5.91 Å². The van der Waals surface area contributed by atoms with Gasteiger partial charge in [-0.25, -0.2) is 0 Å². The van der Waals surface area contributed by atoms with Crippen molar-refractivity contribution in [2.45, 2.75) is 13.5 Å². The van der Waals surface area contributed by atoms with E-state index in [1.54, 1.807) is 12.3 Å². The third-order valence-electron chi connectivity index (χ3n) is 3.44. The van der Waals surface area contributed by atoms with E-state index in [0.717, 1.165) is 16.7 Å². The molecule has 1 aromatic carbocycles. The molecule has 0 radical (unpaired) electrons. The Hall–Kier alpha value is -2.49. The van der Waals surface area contributed by atoms with E-state index >= 15 is 0 Å². The summed E-state index contributed by atoms with van der Waals surface area (Å²) in [5.74, 6) is 0.644. The predicted molar refractivity (Wildman–Crippen MR) is 77.5 cm³/mol. The Labute approximate surface area is 117 Å². The van der Waals surface area contributed by atoms with Crippen molar-refractivity contribution in [1.82, 2.24) is 9.88 Å². The first-order valence-electron chi connectivity index (χ1n) is 6.52. The minimum absolute atomic E-state index is 0.0993. The Kier molecular flexibility index (Phi) is 3.06. The zero-order valence-electron chi connectivity index (χ0n) is 11.5. The van der Waals surface area contributed by atoms with Crippen molar-refractivity contribution in [2.24, 2.45) is 7.05 Å². The molecule has 0 saturated carbocycles. The van der Waals surface area contributed by atoms with Gasteiger partial charge in [-0.05, 0) is 36.8 Å². The molecule has 0 fully saturated rings. The normalized spacial score (nSPS) is 10.9. The second-order valence-corrected chi connectivity index (χ2v) is 4.91. The maximum atomic E-state index is 12.2. The second-order valence-electron chi connectivity index (χ2n) is 4.91. The molecular formula is C16H16N2O2. The van der Waals surface area contributed by atoms with Crippen LogP contribution in [0.3, 0.4) is 0 Å². The zero-order chi connectivity index (χ0) is 14.1. The third kappa shape index (κ3) is 2.20. The molecule has 2 heterocycles. The van der Waals surface area contributed by atoms with E-state index < -0.39 is 0 Å². The van der Waals surface area contributed by atoms with Gasteiger partial charge in [-0.1, -0.05) is 12.1 Å². The van der Waals surface area contributed by atoms with E-state index in [9.17, 15) is 4.79 Å². The summed E-state index contributed by atoms with van der Waals surface area (Å²) in [6, 6.07) is 11.7. The molecule has 3 rings (SSSR count). The summed E-state index contributed by atoms with van der Waals surface area (Å²) < 4.78 is 7.12. The standard InChI is InChI=1S/C16H16N2O2/c1-11-5-6-12-9-15(18(2)14(12)8-11)16(19)17-10-13-4-3-7-20-13/h3-9H,10H2,1-2H3,(H,17,19). The van der Waals surface area contributed by atoms with E-state index in [1.165, 1.54) is 5.56 Å². The minimum Gasteiger partial charge on any atom is -0.467 e. The highest BCUT2D eigenvalue weighted by atomic mass is 16.3. The van der Waals surface area contributed by atoms with E-state index in [-0.39, 0.29) is 5.91 Å². The van der Waals surface area contributed by atoms with Crippen LogP contribution in [-0.2, 0) is 13.6 Å². The van der Waals surface area contributed by atoms with Crippen molar-refractivity contribution >= 4 is 16.8 Å². The van der Waals surface area contributed by atoms with E-state index in [2.05, 4.69) is 11.4 Å².